The Hall–Kier alpha value is -2.83. The number of rotatable bonds is 7. The van der Waals surface area contributed by atoms with Crippen molar-refractivity contribution < 1.29 is 23.8 Å². The van der Waals surface area contributed by atoms with Gasteiger partial charge in [0.25, 0.3) is 0 Å². The number of methoxy groups -OCH3 is 2. The van der Waals surface area contributed by atoms with Gasteiger partial charge in [-0.1, -0.05) is 0 Å². The standard InChI is InChI=1S/C17H20N2O5/c1-12-18-5-7-19(12)6-4-8-24-15-10-13(16(20)22-2)9-14(11-15)17(21)23-3/h5,7,9-11H,4,6,8H2,1-3H3. The summed E-state index contributed by atoms with van der Waals surface area (Å²) in [7, 11) is 2.56. The molecule has 0 saturated carbocycles. The zero-order valence-electron chi connectivity index (χ0n) is 13.9. The van der Waals surface area contributed by atoms with E-state index < -0.39 is 11.9 Å². The molecular formula is C17H20N2O5. The molecule has 1 heterocycles. The molecule has 0 atom stereocenters. The highest BCUT2D eigenvalue weighted by Crippen LogP contribution is 2.19. The monoisotopic (exact) mass is 332 g/mol. The third-order valence-corrected chi connectivity index (χ3v) is 3.48. The van der Waals surface area contributed by atoms with Gasteiger partial charge in [-0.3, -0.25) is 0 Å². The molecule has 128 valence electrons. The highest BCUT2D eigenvalue weighted by Gasteiger charge is 2.14. The van der Waals surface area contributed by atoms with Crippen molar-refractivity contribution in [2.45, 2.75) is 19.9 Å². The van der Waals surface area contributed by atoms with Crippen molar-refractivity contribution in [3.63, 3.8) is 0 Å². The van der Waals surface area contributed by atoms with Gasteiger partial charge in [-0.05, 0) is 31.5 Å². The maximum atomic E-state index is 11.7. The Kier molecular flexibility index (Phi) is 5.95. The van der Waals surface area contributed by atoms with E-state index in [-0.39, 0.29) is 11.1 Å². The molecule has 7 nitrogen and oxygen atoms in total. The van der Waals surface area contributed by atoms with Crippen molar-refractivity contribution in [1.82, 2.24) is 9.55 Å². The number of esters is 2. The molecule has 0 N–H and O–H groups in total. The van der Waals surface area contributed by atoms with Gasteiger partial charge in [0.05, 0.1) is 32.0 Å². The predicted molar refractivity (Wildman–Crippen MR) is 86.2 cm³/mol. The number of aromatic nitrogens is 2. The zero-order valence-corrected chi connectivity index (χ0v) is 13.9. The van der Waals surface area contributed by atoms with Crippen LogP contribution in [0.4, 0.5) is 0 Å². The SMILES string of the molecule is COC(=O)c1cc(OCCCn2ccnc2C)cc(C(=O)OC)c1. The largest absolute Gasteiger partial charge is 0.493 e. The maximum absolute atomic E-state index is 11.7. The van der Waals surface area contributed by atoms with Crippen LogP contribution in [0.1, 0.15) is 33.0 Å². The van der Waals surface area contributed by atoms with Gasteiger partial charge < -0.3 is 18.8 Å². The minimum atomic E-state index is -0.542. The van der Waals surface area contributed by atoms with Gasteiger partial charge in [0.15, 0.2) is 0 Å². The zero-order chi connectivity index (χ0) is 17.5. The van der Waals surface area contributed by atoms with E-state index in [4.69, 9.17) is 14.2 Å². The Morgan fingerprint density at radius 1 is 1.08 bits per heavy atom. The Morgan fingerprint density at radius 3 is 2.21 bits per heavy atom. The second kappa shape index (κ2) is 8.14. The number of imidazole rings is 1. The molecule has 7 heteroatoms. The summed E-state index contributed by atoms with van der Waals surface area (Å²) in [4.78, 5) is 27.6. The van der Waals surface area contributed by atoms with Gasteiger partial charge in [-0.15, -0.1) is 0 Å². The third kappa shape index (κ3) is 4.34. The molecular weight excluding hydrogens is 312 g/mol. The number of ether oxygens (including phenoxy) is 3. The first-order valence-electron chi connectivity index (χ1n) is 7.47. The topological polar surface area (TPSA) is 79.7 Å². The lowest BCUT2D eigenvalue weighted by Crippen LogP contribution is -2.09. The van der Waals surface area contributed by atoms with Crippen molar-refractivity contribution in [3.8, 4) is 5.75 Å². The smallest absolute Gasteiger partial charge is 0.338 e. The molecule has 2 rings (SSSR count). The molecule has 2 aromatic rings. The van der Waals surface area contributed by atoms with E-state index in [2.05, 4.69) is 4.98 Å². The summed E-state index contributed by atoms with van der Waals surface area (Å²) < 4.78 is 17.1. The van der Waals surface area contributed by atoms with Crippen LogP contribution in [0.15, 0.2) is 30.6 Å². The van der Waals surface area contributed by atoms with E-state index in [9.17, 15) is 9.59 Å². The van der Waals surface area contributed by atoms with Crippen LogP contribution in [0.25, 0.3) is 0 Å². The van der Waals surface area contributed by atoms with Gasteiger partial charge in [-0.25, -0.2) is 14.6 Å². The molecule has 0 radical (unpaired) electrons. The molecule has 0 fully saturated rings. The average molecular weight is 332 g/mol. The molecule has 0 aliphatic carbocycles. The Balaban J connectivity index is 2.03. The number of hydrogen-bond donors (Lipinski definition) is 0. The highest BCUT2D eigenvalue weighted by atomic mass is 16.5. The summed E-state index contributed by atoms with van der Waals surface area (Å²) in [6.45, 7) is 3.14. The number of hydrogen-bond acceptors (Lipinski definition) is 6. The molecule has 0 amide bonds. The maximum Gasteiger partial charge on any atom is 0.338 e. The molecule has 0 spiro atoms. The van der Waals surface area contributed by atoms with Crippen LogP contribution in [0, 0.1) is 6.92 Å². The summed E-state index contributed by atoms with van der Waals surface area (Å²) in [5.74, 6) is 0.274. The second-order valence-corrected chi connectivity index (χ2v) is 5.10. The van der Waals surface area contributed by atoms with E-state index in [1.54, 1.807) is 18.3 Å². The fourth-order valence-corrected chi connectivity index (χ4v) is 2.22. The summed E-state index contributed by atoms with van der Waals surface area (Å²) >= 11 is 0. The van der Waals surface area contributed by atoms with Crippen LogP contribution in [0.2, 0.25) is 0 Å². The molecule has 0 aliphatic rings. The van der Waals surface area contributed by atoms with E-state index in [1.807, 2.05) is 17.7 Å². The predicted octanol–water partition coefficient (Wildman–Crippen LogP) is 2.23. The van der Waals surface area contributed by atoms with Gasteiger partial charge >= 0.3 is 11.9 Å². The average Bonchev–Trinajstić information content (AvgIpc) is 3.02. The fraction of sp³-hybridized carbons (Fsp3) is 0.353. The lowest BCUT2D eigenvalue weighted by Gasteiger charge is -2.10. The minimum absolute atomic E-state index is 0.237. The molecule has 24 heavy (non-hydrogen) atoms. The van der Waals surface area contributed by atoms with E-state index in [0.717, 1.165) is 18.8 Å². The van der Waals surface area contributed by atoms with Gasteiger partial charge in [-0.2, -0.15) is 0 Å². The van der Waals surface area contributed by atoms with Crippen molar-refractivity contribution in [2.75, 3.05) is 20.8 Å². The highest BCUT2D eigenvalue weighted by molar-refractivity contribution is 5.96. The first-order valence-corrected chi connectivity index (χ1v) is 7.47. The number of benzene rings is 1. The summed E-state index contributed by atoms with van der Waals surface area (Å²) in [6.07, 6.45) is 4.41. The summed E-state index contributed by atoms with van der Waals surface area (Å²) in [6, 6.07) is 4.50. The van der Waals surface area contributed by atoms with Gasteiger partial charge in [0, 0.05) is 18.9 Å². The van der Waals surface area contributed by atoms with Crippen molar-refractivity contribution in [2.24, 2.45) is 0 Å². The van der Waals surface area contributed by atoms with Gasteiger partial charge in [0.1, 0.15) is 11.6 Å². The van der Waals surface area contributed by atoms with Crippen molar-refractivity contribution in [1.29, 1.82) is 0 Å². The van der Waals surface area contributed by atoms with E-state index in [0.29, 0.717) is 12.4 Å². The first kappa shape index (κ1) is 17.5. The molecule has 0 aliphatic heterocycles. The molecule has 1 aromatic carbocycles. The van der Waals surface area contributed by atoms with Crippen LogP contribution in [-0.4, -0.2) is 42.3 Å². The van der Waals surface area contributed by atoms with Crippen LogP contribution in [0.5, 0.6) is 5.75 Å². The van der Waals surface area contributed by atoms with E-state index >= 15 is 0 Å². The second-order valence-electron chi connectivity index (χ2n) is 5.10. The first-order chi connectivity index (χ1) is 11.5. The number of nitrogens with zero attached hydrogens (tertiary/aromatic N) is 2. The summed E-state index contributed by atoms with van der Waals surface area (Å²) in [5.41, 5.74) is 0.474. The number of carbonyl (C=O) groups is 2. The number of carbonyl (C=O) groups excluding carboxylic acids is 2. The fourth-order valence-electron chi connectivity index (χ4n) is 2.22. The Labute approximate surface area is 140 Å². The Bertz CT molecular complexity index is 689. The normalized spacial score (nSPS) is 10.3. The van der Waals surface area contributed by atoms with Crippen molar-refractivity contribution >= 4 is 11.9 Å². The van der Waals surface area contributed by atoms with Crippen LogP contribution >= 0.6 is 0 Å². The quantitative estimate of drug-likeness (QED) is 0.571. The summed E-state index contributed by atoms with van der Waals surface area (Å²) in [5, 5.41) is 0. The Morgan fingerprint density at radius 2 is 1.71 bits per heavy atom. The number of aryl methyl sites for hydroxylation is 2. The van der Waals surface area contributed by atoms with Crippen molar-refractivity contribution in [3.05, 3.63) is 47.5 Å². The third-order valence-electron chi connectivity index (χ3n) is 3.48. The molecule has 0 unspecified atom stereocenters. The van der Waals surface area contributed by atoms with E-state index in [1.165, 1.54) is 20.3 Å². The molecule has 0 saturated heterocycles. The molecule has 1 aromatic heterocycles. The van der Waals surface area contributed by atoms with Gasteiger partial charge in [0.2, 0.25) is 0 Å². The lowest BCUT2D eigenvalue weighted by atomic mass is 10.1. The van der Waals surface area contributed by atoms with Crippen LogP contribution < -0.4 is 4.74 Å². The minimum Gasteiger partial charge on any atom is -0.493 e. The van der Waals surface area contributed by atoms with Crippen LogP contribution in [-0.2, 0) is 16.0 Å². The lowest BCUT2D eigenvalue weighted by molar-refractivity contribution is 0.0598. The molecule has 0 bridgehead atoms. The van der Waals surface area contributed by atoms with Crippen LogP contribution in [0.3, 0.4) is 0 Å².